The molecule has 0 radical (unpaired) electrons. The van der Waals surface area contributed by atoms with Crippen LogP contribution >= 0.6 is 11.8 Å². The molecule has 9 heteroatoms. The fourth-order valence-electron chi connectivity index (χ4n) is 2.21. The molecule has 0 atom stereocenters. The molecule has 0 aromatic heterocycles. The number of nitrogens with one attached hydrogen (secondary N) is 1. The van der Waals surface area contributed by atoms with E-state index in [1.165, 1.54) is 38.0 Å². The maximum Gasteiger partial charge on any atom is 0.242 e. The van der Waals surface area contributed by atoms with Crippen molar-refractivity contribution in [1.82, 2.24) is 9.62 Å². The minimum Gasteiger partial charge on any atom is -0.352 e. The lowest BCUT2D eigenvalue weighted by Crippen LogP contribution is -2.27. The first-order chi connectivity index (χ1) is 12.7. The third-order valence-electron chi connectivity index (χ3n) is 3.70. The Morgan fingerprint density at radius 1 is 1.11 bits per heavy atom. The Bertz CT molecular complexity index is 919. The third kappa shape index (κ3) is 5.75. The lowest BCUT2D eigenvalue weighted by atomic mass is 10.2. The molecule has 1 N–H and O–H groups in total. The number of hydrogen-bond acceptors (Lipinski definition) is 4. The van der Waals surface area contributed by atoms with Gasteiger partial charge in [-0.05, 0) is 29.8 Å². The highest BCUT2D eigenvalue weighted by Crippen LogP contribution is 2.21. The number of amides is 1. The summed E-state index contributed by atoms with van der Waals surface area (Å²) in [5, 5.41) is 2.69. The van der Waals surface area contributed by atoms with Crippen molar-refractivity contribution in [3.05, 3.63) is 59.7 Å². The number of carbonyl (C=O) groups excluding carboxylic acids is 1. The van der Waals surface area contributed by atoms with Crippen molar-refractivity contribution in [2.24, 2.45) is 0 Å². The largest absolute Gasteiger partial charge is 0.352 e. The van der Waals surface area contributed by atoms with Crippen molar-refractivity contribution >= 4 is 27.7 Å². The second kappa shape index (κ2) is 9.29. The van der Waals surface area contributed by atoms with E-state index in [1.54, 1.807) is 18.2 Å². The topological polar surface area (TPSA) is 66.5 Å². The molecule has 27 heavy (non-hydrogen) atoms. The van der Waals surface area contributed by atoms with E-state index in [9.17, 15) is 22.0 Å². The number of carbonyl (C=O) groups is 1. The van der Waals surface area contributed by atoms with Crippen molar-refractivity contribution in [3.8, 4) is 0 Å². The highest BCUT2D eigenvalue weighted by Gasteiger charge is 2.20. The summed E-state index contributed by atoms with van der Waals surface area (Å²) in [6, 6.07) is 10.0. The lowest BCUT2D eigenvalue weighted by molar-refractivity contribution is -0.120. The zero-order chi connectivity index (χ0) is 20.0. The van der Waals surface area contributed by atoms with Crippen LogP contribution in [0.5, 0.6) is 0 Å². The first-order valence-corrected chi connectivity index (χ1v) is 10.5. The molecular weight excluding hydrogens is 394 g/mol. The fourth-order valence-corrected chi connectivity index (χ4v) is 4.20. The predicted molar refractivity (Wildman–Crippen MR) is 101 cm³/mol. The van der Waals surface area contributed by atoms with Crippen LogP contribution in [0, 0.1) is 11.6 Å². The number of benzene rings is 2. The Morgan fingerprint density at radius 3 is 2.48 bits per heavy atom. The number of hydrogen-bond donors (Lipinski definition) is 1. The Kier molecular flexibility index (Phi) is 7.34. The molecular formula is C18H20F2N2O3S2. The second-order valence-corrected chi connectivity index (χ2v) is 9.13. The van der Waals surface area contributed by atoms with Gasteiger partial charge >= 0.3 is 0 Å². The van der Waals surface area contributed by atoms with E-state index in [2.05, 4.69) is 5.32 Å². The van der Waals surface area contributed by atoms with Gasteiger partial charge in [0.1, 0.15) is 0 Å². The van der Waals surface area contributed by atoms with Gasteiger partial charge in [0.2, 0.25) is 15.9 Å². The van der Waals surface area contributed by atoms with Gasteiger partial charge in [-0.25, -0.2) is 21.5 Å². The van der Waals surface area contributed by atoms with Gasteiger partial charge in [0, 0.05) is 37.7 Å². The van der Waals surface area contributed by atoms with Crippen LogP contribution in [0.3, 0.4) is 0 Å². The minimum absolute atomic E-state index is 0.0813. The molecule has 0 aliphatic rings. The number of halogens is 2. The van der Waals surface area contributed by atoms with Crippen molar-refractivity contribution in [3.63, 3.8) is 0 Å². The van der Waals surface area contributed by atoms with Crippen LogP contribution in [-0.4, -0.2) is 38.5 Å². The van der Waals surface area contributed by atoms with E-state index in [0.717, 1.165) is 16.4 Å². The molecule has 0 unspecified atom stereocenters. The average Bonchev–Trinajstić information content (AvgIpc) is 2.63. The Hall–Kier alpha value is -1.97. The van der Waals surface area contributed by atoms with Crippen LogP contribution < -0.4 is 5.32 Å². The zero-order valence-corrected chi connectivity index (χ0v) is 16.5. The van der Waals surface area contributed by atoms with Crippen LogP contribution in [0.15, 0.2) is 52.3 Å². The molecule has 5 nitrogen and oxygen atoms in total. The van der Waals surface area contributed by atoms with Crippen molar-refractivity contribution in [1.29, 1.82) is 0 Å². The molecule has 0 fully saturated rings. The molecule has 2 rings (SSSR count). The highest BCUT2D eigenvalue weighted by molar-refractivity contribution is 7.99. The van der Waals surface area contributed by atoms with Crippen molar-refractivity contribution in [2.75, 3.05) is 19.8 Å². The zero-order valence-electron chi connectivity index (χ0n) is 14.9. The van der Waals surface area contributed by atoms with Crippen LogP contribution in [-0.2, 0) is 21.4 Å². The highest BCUT2D eigenvalue weighted by atomic mass is 32.2. The smallest absolute Gasteiger partial charge is 0.242 e. The summed E-state index contributed by atoms with van der Waals surface area (Å²) in [6.07, 6.45) is 0.159. The summed E-state index contributed by atoms with van der Waals surface area (Å²) >= 11 is 1.23. The van der Waals surface area contributed by atoms with E-state index in [1.807, 2.05) is 0 Å². The predicted octanol–water partition coefficient (Wildman–Crippen LogP) is 3.01. The molecule has 0 aliphatic carbocycles. The summed E-state index contributed by atoms with van der Waals surface area (Å²) in [7, 11) is -0.715. The minimum atomic E-state index is -3.60. The molecule has 2 aromatic carbocycles. The van der Waals surface area contributed by atoms with Crippen molar-refractivity contribution < 1.29 is 22.0 Å². The van der Waals surface area contributed by atoms with Crippen LogP contribution in [0.1, 0.15) is 12.0 Å². The lowest BCUT2D eigenvalue weighted by Gasteiger charge is -2.15. The SMILES string of the molecule is CN(C)S(=O)(=O)c1ccccc1CNC(=O)CCSc1ccc(F)c(F)c1. The van der Waals surface area contributed by atoms with Crippen LogP contribution in [0.2, 0.25) is 0 Å². The maximum atomic E-state index is 13.1. The number of nitrogens with zero attached hydrogens (tertiary/aromatic N) is 1. The normalized spacial score (nSPS) is 11.6. The summed E-state index contributed by atoms with van der Waals surface area (Å²) < 4.78 is 51.8. The molecule has 1 amide bonds. The molecule has 0 heterocycles. The van der Waals surface area contributed by atoms with Crippen LogP contribution in [0.25, 0.3) is 0 Å². The summed E-state index contributed by atoms with van der Waals surface area (Å²) in [5.74, 6) is -1.72. The first kappa shape index (κ1) is 21.3. The number of rotatable bonds is 8. The summed E-state index contributed by atoms with van der Waals surface area (Å²) in [6.45, 7) is 0.0813. The van der Waals surface area contributed by atoms with Gasteiger partial charge in [-0.1, -0.05) is 18.2 Å². The molecule has 0 bridgehead atoms. The number of thioether (sulfide) groups is 1. The Morgan fingerprint density at radius 2 is 1.81 bits per heavy atom. The Balaban J connectivity index is 1.90. The fraction of sp³-hybridized carbons (Fsp3) is 0.278. The van der Waals surface area contributed by atoms with Gasteiger partial charge in [-0.3, -0.25) is 4.79 Å². The van der Waals surface area contributed by atoms with E-state index < -0.39 is 21.7 Å². The molecule has 0 saturated carbocycles. The molecule has 2 aromatic rings. The van der Waals surface area contributed by atoms with Crippen molar-refractivity contribution in [2.45, 2.75) is 22.8 Å². The Labute approximate surface area is 161 Å². The summed E-state index contributed by atoms with van der Waals surface area (Å²) in [4.78, 5) is 12.7. The van der Waals surface area contributed by atoms with Crippen LogP contribution in [0.4, 0.5) is 8.78 Å². The summed E-state index contributed by atoms with van der Waals surface area (Å²) in [5.41, 5.74) is 0.493. The van der Waals surface area contributed by atoms with Gasteiger partial charge in [0.25, 0.3) is 0 Å². The maximum absolute atomic E-state index is 13.1. The van der Waals surface area contributed by atoms with Gasteiger partial charge in [0.05, 0.1) is 4.90 Å². The molecule has 0 aliphatic heterocycles. The average molecular weight is 414 g/mol. The quantitative estimate of drug-likeness (QED) is 0.675. The second-order valence-electron chi connectivity index (χ2n) is 5.85. The molecule has 0 saturated heterocycles. The van der Waals surface area contributed by atoms with E-state index in [-0.39, 0.29) is 23.8 Å². The standard InChI is InChI=1S/C18H20F2N2O3S2/c1-22(2)27(24,25)17-6-4-3-5-13(17)12-21-18(23)9-10-26-14-7-8-15(19)16(20)11-14/h3-8,11H,9-10,12H2,1-2H3,(H,21,23). The monoisotopic (exact) mass is 414 g/mol. The van der Waals surface area contributed by atoms with Gasteiger partial charge < -0.3 is 5.32 Å². The van der Waals surface area contributed by atoms with Gasteiger partial charge in [-0.2, -0.15) is 0 Å². The number of sulfonamides is 1. The molecule has 146 valence electrons. The first-order valence-electron chi connectivity index (χ1n) is 8.07. The molecule has 0 spiro atoms. The van der Waals surface area contributed by atoms with E-state index >= 15 is 0 Å². The third-order valence-corrected chi connectivity index (χ3v) is 6.61. The van der Waals surface area contributed by atoms with E-state index in [4.69, 9.17) is 0 Å². The van der Waals surface area contributed by atoms with E-state index in [0.29, 0.717) is 16.2 Å². The van der Waals surface area contributed by atoms with Gasteiger partial charge in [0.15, 0.2) is 11.6 Å². The van der Waals surface area contributed by atoms with Gasteiger partial charge in [-0.15, -0.1) is 11.8 Å².